The number of para-hydroxylation sites is 2. The summed E-state index contributed by atoms with van der Waals surface area (Å²) in [7, 11) is 0. The van der Waals surface area contributed by atoms with Gasteiger partial charge in [0.25, 0.3) is 0 Å². The van der Waals surface area contributed by atoms with Gasteiger partial charge in [-0.1, -0.05) is 12.1 Å². The van der Waals surface area contributed by atoms with Gasteiger partial charge in [0.2, 0.25) is 0 Å². The van der Waals surface area contributed by atoms with Crippen molar-refractivity contribution in [1.29, 1.82) is 0 Å². The molecule has 0 aliphatic heterocycles. The number of hydrogen-bond donors (Lipinski definition) is 3. The van der Waals surface area contributed by atoms with Gasteiger partial charge >= 0.3 is 6.03 Å². The van der Waals surface area contributed by atoms with Crippen LogP contribution in [0.25, 0.3) is 0 Å². The van der Waals surface area contributed by atoms with Crippen LogP contribution in [0, 0.1) is 11.6 Å². The zero-order valence-corrected chi connectivity index (χ0v) is 13.5. The van der Waals surface area contributed by atoms with Crippen LogP contribution in [0.2, 0.25) is 0 Å². The topological polar surface area (TPSA) is 76.4 Å². The van der Waals surface area contributed by atoms with Gasteiger partial charge in [0, 0.05) is 11.8 Å². The van der Waals surface area contributed by atoms with Crippen LogP contribution in [-0.2, 0) is 0 Å². The minimum absolute atomic E-state index is 0.138. The largest absolute Gasteiger partial charge is 0.455 e. The molecule has 0 bridgehead atoms. The van der Waals surface area contributed by atoms with Gasteiger partial charge in [0.15, 0.2) is 5.75 Å². The number of ether oxygens (including phenoxy) is 1. The lowest BCUT2D eigenvalue weighted by molar-refractivity contribution is 0.262. The van der Waals surface area contributed by atoms with E-state index in [9.17, 15) is 13.6 Å². The van der Waals surface area contributed by atoms with E-state index in [1.54, 1.807) is 48.5 Å². The van der Waals surface area contributed by atoms with Crippen LogP contribution >= 0.6 is 0 Å². The molecule has 0 atom stereocenters. The van der Waals surface area contributed by atoms with E-state index in [1.165, 1.54) is 0 Å². The number of benzene rings is 3. The first-order valence-electron chi connectivity index (χ1n) is 7.67. The Bertz CT molecular complexity index is 930. The van der Waals surface area contributed by atoms with Gasteiger partial charge in [-0.2, -0.15) is 0 Å². The molecule has 0 spiro atoms. The van der Waals surface area contributed by atoms with Crippen LogP contribution in [0.4, 0.5) is 30.6 Å². The zero-order chi connectivity index (χ0) is 18.5. The van der Waals surface area contributed by atoms with Gasteiger partial charge in [-0.15, -0.1) is 0 Å². The predicted octanol–water partition coefficient (Wildman–Crippen LogP) is 4.98. The molecule has 7 heteroatoms. The Hall–Kier alpha value is -3.61. The molecular weight excluding hydrogens is 340 g/mol. The van der Waals surface area contributed by atoms with Crippen molar-refractivity contribution in [2.24, 2.45) is 0 Å². The summed E-state index contributed by atoms with van der Waals surface area (Å²) in [5.74, 6) is -0.660. The molecule has 132 valence electrons. The molecule has 0 unspecified atom stereocenters. The Morgan fingerprint density at radius 1 is 0.885 bits per heavy atom. The lowest BCUT2D eigenvalue weighted by Gasteiger charge is -2.13. The second-order valence-corrected chi connectivity index (χ2v) is 5.37. The van der Waals surface area contributed by atoms with E-state index in [2.05, 4.69) is 10.6 Å². The number of halogens is 2. The molecule has 0 saturated carbocycles. The van der Waals surface area contributed by atoms with E-state index in [4.69, 9.17) is 10.5 Å². The second-order valence-electron chi connectivity index (χ2n) is 5.37. The highest BCUT2D eigenvalue weighted by atomic mass is 19.1. The molecule has 2 amide bonds. The number of anilines is 3. The number of nitrogen functional groups attached to an aromatic ring is 1. The Morgan fingerprint density at radius 3 is 2.31 bits per heavy atom. The van der Waals surface area contributed by atoms with E-state index in [1.807, 2.05) is 0 Å². The van der Waals surface area contributed by atoms with Crippen LogP contribution in [0.15, 0.2) is 66.7 Å². The third kappa shape index (κ3) is 4.27. The fourth-order valence-electron chi connectivity index (χ4n) is 2.19. The van der Waals surface area contributed by atoms with Gasteiger partial charge in [-0.25, -0.2) is 13.6 Å². The van der Waals surface area contributed by atoms with E-state index < -0.39 is 17.7 Å². The summed E-state index contributed by atoms with van der Waals surface area (Å²) in [6.07, 6.45) is 0. The number of urea groups is 1. The average molecular weight is 355 g/mol. The van der Waals surface area contributed by atoms with Crippen molar-refractivity contribution < 1.29 is 18.3 Å². The van der Waals surface area contributed by atoms with Gasteiger partial charge < -0.3 is 21.1 Å². The number of carbonyl (C=O) groups excluding carboxylic acids is 1. The van der Waals surface area contributed by atoms with E-state index >= 15 is 0 Å². The number of rotatable bonds is 4. The van der Waals surface area contributed by atoms with Crippen molar-refractivity contribution in [2.45, 2.75) is 0 Å². The molecule has 4 N–H and O–H groups in total. The molecule has 3 aromatic rings. The van der Waals surface area contributed by atoms with Crippen molar-refractivity contribution in [3.63, 3.8) is 0 Å². The van der Waals surface area contributed by atoms with Gasteiger partial charge in [-0.05, 0) is 48.5 Å². The molecule has 5 nitrogen and oxygen atoms in total. The van der Waals surface area contributed by atoms with Crippen molar-refractivity contribution in [3.05, 3.63) is 78.4 Å². The van der Waals surface area contributed by atoms with E-state index in [-0.39, 0.29) is 5.69 Å². The molecule has 0 fully saturated rings. The summed E-state index contributed by atoms with van der Waals surface area (Å²) in [6.45, 7) is 0. The van der Waals surface area contributed by atoms with Crippen LogP contribution in [0.1, 0.15) is 0 Å². The smallest absolute Gasteiger partial charge is 0.323 e. The number of amides is 2. The highest BCUT2D eigenvalue weighted by molar-refractivity contribution is 6.00. The summed E-state index contributed by atoms with van der Waals surface area (Å²) < 4.78 is 32.3. The predicted molar refractivity (Wildman–Crippen MR) is 96.4 cm³/mol. The maximum atomic E-state index is 13.6. The maximum Gasteiger partial charge on any atom is 0.323 e. The normalized spacial score (nSPS) is 10.2. The molecule has 0 aromatic heterocycles. The average Bonchev–Trinajstić information content (AvgIpc) is 2.61. The number of nitrogens with two attached hydrogens (primary N) is 1. The summed E-state index contributed by atoms with van der Waals surface area (Å²) in [5.41, 5.74) is 6.48. The Labute approximate surface area is 148 Å². The zero-order valence-electron chi connectivity index (χ0n) is 13.5. The van der Waals surface area contributed by atoms with Gasteiger partial charge in [0.1, 0.15) is 17.4 Å². The van der Waals surface area contributed by atoms with Crippen LogP contribution in [0.5, 0.6) is 11.5 Å². The Kier molecular flexibility index (Phi) is 4.98. The third-order valence-electron chi connectivity index (χ3n) is 3.42. The fraction of sp³-hybridized carbons (Fsp3) is 0. The van der Waals surface area contributed by atoms with Gasteiger partial charge in [0.05, 0.1) is 11.4 Å². The summed E-state index contributed by atoms with van der Waals surface area (Å²) in [5, 5.41) is 4.89. The monoisotopic (exact) mass is 355 g/mol. The van der Waals surface area contributed by atoms with Crippen LogP contribution in [0.3, 0.4) is 0 Å². The maximum absolute atomic E-state index is 13.6. The summed E-state index contributed by atoms with van der Waals surface area (Å²) in [4.78, 5) is 12.1. The Morgan fingerprint density at radius 2 is 1.58 bits per heavy atom. The third-order valence-corrected chi connectivity index (χ3v) is 3.42. The summed E-state index contributed by atoms with van der Waals surface area (Å²) >= 11 is 0. The Balaban J connectivity index is 1.73. The molecular formula is C19H15F2N3O2. The van der Waals surface area contributed by atoms with Gasteiger partial charge in [-0.3, -0.25) is 0 Å². The van der Waals surface area contributed by atoms with Crippen LogP contribution in [-0.4, -0.2) is 6.03 Å². The first kappa shape index (κ1) is 17.2. The number of nitrogens with one attached hydrogen (secondary N) is 2. The first-order valence-corrected chi connectivity index (χ1v) is 7.67. The minimum Gasteiger partial charge on any atom is -0.455 e. The SMILES string of the molecule is Nc1ccc(Oc2ccccc2NC(=O)Nc2ccc(F)cc2F)cc1. The molecule has 3 rings (SSSR count). The van der Waals surface area contributed by atoms with Crippen LogP contribution < -0.4 is 21.1 Å². The van der Waals surface area contributed by atoms with Crippen molar-refractivity contribution in [3.8, 4) is 11.5 Å². The quantitative estimate of drug-likeness (QED) is 0.578. The van der Waals surface area contributed by atoms with Crippen molar-refractivity contribution in [1.82, 2.24) is 0 Å². The highest BCUT2D eigenvalue weighted by Crippen LogP contribution is 2.29. The molecule has 0 saturated heterocycles. The molecule has 3 aromatic carbocycles. The fourth-order valence-corrected chi connectivity index (χ4v) is 2.19. The molecule has 0 heterocycles. The summed E-state index contributed by atoms with van der Waals surface area (Å²) in [6, 6.07) is 15.7. The molecule has 0 radical (unpaired) electrons. The molecule has 26 heavy (non-hydrogen) atoms. The lowest BCUT2D eigenvalue weighted by atomic mass is 10.2. The molecule has 0 aliphatic carbocycles. The highest BCUT2D eigenvalue weighted by Gasteiger charge is 2.11. The van der Waals surface area contributed by atoms with E-state index in [0.29, 0.717) is 28.9 Å². The van der Waals surface area contributed by atoms with E-state index in [0.717, 1.165) is 12.1 Å². The number of carbonyl (C=O) groups is 1. The number of hydrogen-bond acceptors (Lipinski definition) is 3. The first-order chi connectivity index (χ1) is 12.5. The standard InChI is InChI=1S/C19H15F2N3O2/c20-12-5-10-16(15(21)11-12)23-19(25)24-17-3-1-2-4-18(17)26-14-8-6-13(22)7-9-14/h1-11H,22H2,(H2,23,24,25). The van der Waals surface area contributed by atoms with Crippen molar-refractivity contribution in [2.75, 3.05) is 16.4 Å². The second kappa shape index (κ2) is 7.52. The molecule has 0 aliphatic rings. The lowest BCUT2D eigenvalue weighted by Crippen LogP contribution is -2.20. The minimum atomic E-state index is -0.869. The van der Waals surface area contributed by atoms with Crippen molar-refractivity contribution >= 4 is 23.1 Å².